The first kappa shape index (κ1) is 26.4. The molecule has 192 valence electrons. The Morgan fingerprint density at radius 2 is 1.73 bits per heavy atom. The lowest BCUT2D eigenvalue weighted by Crippen LogP contribution is -2.29. The second-order valence-electron chi connectivity index (χ2n) is 10.1. The lowest BCUT2D eigenvalue weighted by atomic mass is 9.85. The molecule has 3 aromatic rings. The fraction of sp³-hybridized carbons (Fsp3) is 0.267. The highest BCUT2D eigenvalue weighted by Gasteiger charge is 2.47. The molecule has 1 aliphatic heterocycles. The molecule has 0 bridgehead atoms. The molecule has 0 aromatic heterocycles. The summed E-state index contributed by atoms with van der Waals surface area (Å²) in [6.45, 7) is 10.5. The van der Waals surface area contributed by atoms with Gasteiger partial charge in [-0.15, -0.1) is 0 Å². The van der Waals surface area contributed by atoms with Crippen molar-refractivity contribution >= 4 is 34.7 Å². The number of amides is 1. The van der Waals surface area contributed by atoms with E-state index in [1.807, 2.05) is 38.1 Å². The van der Waals surface area contributed by atoms with E-state index in [0.717, 1.165) is 17.2 Å². The van der Waals surface area contributed by atoms with Crippen molar-refractivity contribution < 1.29 is 23.8 Å². The molecular formula is C30H29ClFNO4. The summed E-state index contributed by atoms with van der Waals surface area (Å²) in [5.41, 5.74) is 2.93. The highest BCUT2D eigenvalue weighted by Crippen LogP contribution is 2.43. The van der Waals surface area contributed by atoms with Crippen LogP contribution in [-0.4, -0.2) is 23.4 Å². The lowest BCUT2D eigenvalue weighted by molar-refractivity contribution is -0.132. The van der Waals surface area contributed by atoms with E-state index in [9.17, 15) is 19.1 Å². The molecule has 3 aromatic carbocycles. The number of rotatable bonds is 5. The molecule has 5 nitrogen and oxygen atoms in total. The van der Waals surface area contributed by atoms with E-state index in [4.69, 9.17) is 16.3 Å². The topological polar surface area (TPSA) is 66.8 Å². The number of carbonyl (C=O) groups is 2. The van der Waals surface area contributed by atoms with Gasteiger partial charge in [0.15, 0.2) is 0 Å². The van der Waals surface area contributed by atoms with Crippen molar-refractivity contribution in [3.8, 4) is 5.75 Å². The minimum absolute atomic E-state index is 0.0579. The summed E-state index contributed by atoms with van der Waals surface area (Å²) in [5, 5.41) is 11.2. The third-order valence-electron chi connectivity index (χ3n) is 6.47. The number of Topliss-reactive ketones (excluding diaryl/α,β-unsaturated/α-hetero) is 1. The molecule has 1 amide bonds. The van der Waals surface area contributed by atoms with Crippen LogP contribution in [0.25, 0.3) is 5.76 Å². The first-order valence-electron chi connectivity index (χ1n) is 12.0. The van der Waals surface area contributed by atoms with Crippen LogP contribution in [0.15, 0.2) is 66.2 Å². The van der Waals surface area contributed by atoms with Crippen molar-refractivity contribution in [3.05, 3.63) is 99.3 Å². The maximum absolute atomic E-state index is 13.9. The summed E-state index contributed by atoms with van der Waals surface area (Å²) >= 11 is 6.02. The Morgan fingerprint density at radius 3 is 2.30 bits per heavy atom. The lowest BCUT2D eigenvalue weighted by Gasteiger charge is -2.27. The molecule has 0 aliphatic carbocycles. The van der Waals surface area contributed by atoms with E-state index in [2.05, 4.69) is 20.8 Å². The van der Waals surface area contributed by atoms with Crippen molar-refractivity contribution in [3.63, 3.8) is 0 Å². The predicted molar refractivity (Wildman–Crippen MR) is 144 cm³/mol. The van der Waals surface area contributed by atoms with Gasteiger partial charge in [0.2, 0.25) is 0 Å². The Hall–Kier alpha value is -3.64. The first-order valence-corrected chi connectivity index (χ1v) is 12.4. The van der Waals surface area contributed by atoms with E-state index in [-0.39, 0.29) is 27.5 Å². The summed E-state index contributed by atoms with van der Waals surface area (Å²) in [5.74, 6) is -1.95. The van der Waals surface area contributed by atoms with Crippen LogP contribution in [0.1, 0.15) is 56.0 Å². The summed E-state index contributed by atoms with van der Waals surface area (Å²) in [6, 6.07) is 15.5. The van der Waals surface area contributed by atoms with Crippen molar-refractivity contribution in [2.45, 2.75) is 46.1 Å². The Kier molecular flexibility index (Phi) is 7.16. The molecule has 1 N–H and O–H groups in total. The van der Waals surface area contributed by atoms with E-state index in [0.29, 0.717) is 23.5 Å². The second kappa shape index (κ2) is 10.0. The van der Waals surface area contributed by atoms with Gasteiger partial charge in [-0.1, -0.05) is 56.6 Å². The number of hydrogen-bond acceptors (Lipinski definition) is 4. The largest absolute Gasteiger partial charge is 0.507 e. The normalized spacial score (nSPS) is 17.4. The standard InChI is InChI=1S/C30H29ClFNO4/c1-6-37-24-14-9-19(15-17(24)2)27(34)25-26(18-7-10-20(11-8-18)30(3,4)5)33(29(36)28(25)35)21-12-13-23(32)22(31)16-21/h7-16,26,34H,6H2,1-5H3/b27-25+. The molecular weight excluding hydrogens is 493 g/mol. The third kappa shape index (κ3) is 4.98. The monoisotopic (exact) mass is 521 g/mol. The Morgan fingerprint density at radius 1 is 1.05 bits per heavy atom. The number of hydrogen-bond donors (Lipinski definition) is 1. The number of aliphatic hydroxyl groups excluding tert-OH is 1. The van der Waals surface area contributed by atoms with Crippen LogP contribution < -0.4 is 9.64 Å². The number of carbonyl (C=O) groups excluding carboxylic acids is 2. The zero-order valence-electron chi connectivity index (χ0n) is 21.4. The molecule has 1 aliphatic rings. The number of aliphatic hydroxyl groups is 1. The summed E-state index contributed by atoms with van der Waals surface area (Å²) in [7, 11) is 0. The number of ether oxygens (including phenoxy) is 1. The molecule has 7 heteroatoms. The number of aryl methyl sites for hydroxylation is 1. The number of halogens is 2. The number of nitrogens with zero attached hydrogens (tertiary/aromatic N) is 1. The average Bonchev–Trinajstić information content (AvgIpc) is 3.11. The average molecular weight is 522 g/mol. The molecule has 37 heavy (non-hydrogen) atoms. The van der Waals surface area contributed by atoms with Crippen LogP contribution >= 0.6 is 11.6 Å². The Bertz CT molecular complexity index is 1410. The van der Waals surface area contributed by atoms with Crippen LogP contribution in [-0.2, 0) is 15.0 Å². The summed E-state index contributed by atoms with van der Waals surface area (Å²) < 4.78 is 19.5. The maximum Gasteiger partial charge on any atom is 0.300 e. The number of benzene rings is 3. The van der Waals surface area contributed by atoms with Crippen molar-refractivity contribution in [2.75, 3.05) is 11.5 Å². The van der Waals surface area contributed by atoms with Gasteiger partial charge in [0.05, 0.1) is 23.2 Å². The fourth-order valence-corrected chi connectivity index (χ4v) is 4.66. The quantitative estimate of drug-likeness (QED) is 0.221. The van der Waals surface area contributed by atoms with Crippen LogP contribution in [0, 0.1) is 12.7 Å². The summed E-state index contributed by atoms with van der Waals surface area (Å²) in [4.78, 5) is 28.0. The van der Waals surface area contributed by atoms with Gasteiger partial charge < -0.3 is 9.84 Å². The van der Waals surface area contributed by atoms with Gasteiger partial charge in [-0.2, -0.15) is 0 Å². The van der Waals surface area contributed by atoms with Crippen molar-refractivity contribution in [1.82, 2.24) is 0 Å². The minimum Gasteiger partial charge on any atom is -0.507 e. The molecule has 0 spiro atoms. The zero-order valence-corrected chi connectivity index (χ0v) is 22.2. The molecule has 1 atom stereocenters. The molecule has 0 radical (unpaired) electrons. The van der Waals surface area contributed by atoms with E-state index >= 15 is 0 Å². The molecule has 0 saturated carbocycles. The Labute approximate surface area is 221 Å². The van der Waals surface area contributed by atoms with Crippen molar-refractivity contribution in [2.24, 2.45) is 0 Å². The zero-order chi connectivity index (χ0) is 27.1. The SMILES string of the molecule is CCOc1ccc(/C(O)=C2\C(=O)C(=O)N(c3ccc(F)c(Cl)c3)C2c2ccc(C(C)(C)C)cc2)cc1C. The first-order chi connectivity index (χ1) is 17.4. The van der Waals surface area contributed by atoms with Gasteiger partial charge in [0.25, 0.3) is 11.7 Å². The predicted octanol–water partition coefficient (Wildman–Crippen LogP) is 7.11. The van der Waals surface area contributed by atoms with E-state index in [1.165, 1.54) is 17.0 Å². The van der Waals surface area contributed by atoms with E-state index in [1.54, 1.807) is 18.2 Å². The van der Waals surface area contributed by atoms with Gasteiger partial charge >= 0.3 is 0 Å². The molecule has 1 unspecified atom stereocenters. The molecule has 4 rings (SSSR count). The van der Waals surface area contributed by atoms with Crippen LogP contribution in [0.3, 0.4) is 0 Å². The highest BCUT2D eigenvalue weighted by atomic mass is 35.5. The fourth-order valence-electron chi connectivity index (χ4n) is 4.48. The van der Waals surface area contributed by atoms with Crippen LogP contribution in [0.5, 0.6) is 5.75 Å². The van der Waals surface area contributed by atoms with Gasteiger partial charge in [0.1, 0.15) is 17.3 Å². The number of ketones is 1. The third-order valence-corrected chi connectivity index (χ3v) is 6.76. The number of anilines is 1. The highest BCUT2D eigenvalue weighted by molar-refractivity contribution is 6.51. The molecule has 1 heterocycles. The molecule has 1 saturated heterocycles. The van der Waals surface area contributed by atoms with Gasteiger partial charge in [-0.25, -0.2) is 4.39 Å². The molecule has 1 fully saturated rings. The van der Waals surface area contributed by atoms with Crippen LogP contribution in [0.4, 0.5) is 10.1 Å². The minimum atomic E-state index is -0.942. The van der Waals surface area contributed by atoms with Gasteiger partial charge in [-0.05, 0) is 72.4 Å². The summed E-state index contributed by atoms with van der Waals surface area (Å²) in [6.07, 6.45) is 0. The smallest absolute Gasteiger partial charge is 0.300 e. The second-order valence-corrected chi connectivity index (χ2v) is 10.5. The van der Waals surface area contributed by atoms with E-state index < -0.39 is 23.5 Å². The Balaban J connectivity index is 1.92. The maximum atomic E-state index is 13.9. The van der Waals surface area contributed by atoms with Crippen LogP contribution in [0.2, 0.25) is 5.02 Å². The van der Waals surface area contributed by atoms with Gasteiger partial charge in [0, 0.05) is 11.3 Å². The van der Waals surface area contributed by atoms with Gasteiger partial charge in [-0.3, -0.25) is 14.5 Å². The van der Waals surface area contributed by atoms with Crippen molar-refractivity contribution in [1.29, 1.82) is 0 Å².